The van der Waals surface area contributed by atoms with Crippen LogP contribution in [-0.4, -0.2) is 8.42 Å². The van der Waals surface area contributed by atoms with Gasteiger partial charge in [0.25, 0.3) is 0 Å². The van der Waals surface area contributed by atoms with Crippen molar-refractivity contribution in [1.29, 1.82) is 0 Å². The molecular weight excluding hydrogens is 260 g/mol. The summed E-state index contributed by atoms with van der Waals surface area (Å²) in [5, 5.41) is 0. The number of hydrogen-bond donors (Lipinski definition) is 0. The molecule has 1 aromatic rings. The van der Waals surface area contributed by atoms with Crippen LogP contribution in [0.5, 0.6) is 0 Å². The van der Waals surface area contributed by atoms with E-state index in [4.69, 9.17) is 4.18 Å². The molecule has 1 unspecified atom stereocenters. The van der Waals surface area contributed by atoms with E-state index in [-0.39, 0.29) is 10.8 Å². The third kappa shape index (κ3) is 3.15. The maximum Gasteiger partial charge on any atom is 0.338 e. The van der Waals surface area contributed by atoms with E-state index in [9.17, 15) is 8.42 Å². The van der Waals surface area contributed by atoms with E-state index in [1.807, 2.05) is 31.2 Å². The molecule has 1 aliphatic rings. The maximum atomic E-state index is 12.1. The minimum Gasteiger partial charge on any atom is -0.383 e. The normalized spacial score (nSPS) is 21.3. The number of benzene rings is 1. The summed E-state index contributed by atoms with van der Waals surface area (Å²) < 4.78 is 29.4. The van der Waals surface area contributed by atoms with Gasteiger partial charge in [0.05, 0.1) is 0 Å². The van der Waals surface area contributed by atoms with Gasteiger partial charge in [0.2, 0.25) is 0 Å². The molecule has 4 heteroatoms. The molecule has 1 aliphatic carbocycles. The maximum absolute atomic E-state index is 12.1. The van der Waals surface area contributed by atoms with E-state index < -0.39 is 10.1 Å². The Morgan fingerprint density at radius 3 is 2.47 bits per heavy atom. The minimum absolute atomic E-state index is 0.149. The van der Waals surface area contributed by atoms with Crippen LogP contribution >= 0.6 is 0 Å². The number of rotatable bonds is 3. The molecule has 0 aromatic heterocycles. The highest BCUT2D eigenvalue weighted by molar-refractivity contribution is 7.86. The summed E-state index contributed by atoms with van der Waals surface area (Å²) in [6.07, 6.45) is 7.68. The molecule has 2 rings (SSSR count). The van der Waals surface area contributed by atoms with E-state index in [1.165, 1.54) is 12.1 Å². The smallest absolute Gasteiger partial charge is 0.338 e. The molecule has 1 atom stereocenters. The van der Waals surface area contributed by atoms with Crippen LogP contribution in [0.2, 0.25) is 0 Å². The van der Waals surface area contributed by atoms with Crippen molar-refractivity contribution in [3.05, 3.63) is 66.0 Å². The molecule has 0 fully saturated rings. The second-order valence-corrected chi connectivity index (χ2v) is 5.94. The van der Waals surface area contributed by atoms with Crippen LogP contribution in [0.15, 0.2) is 70.9 Å². The van der Waals surface area contributed by atoms with Gasteiger partial charge in [-0.2, -0.15) is 8.42 Å². The van der Waals surface area contributed by atoms with E-state index in [2.05, 4.69) is 0 Å². The van der Waals surface area contributed by atoms with Crippen molar-refractivity contribution in [2.24, 2.45) is 5.92 Å². The molecule has 0 saturated carbocycles. The Balaban J connectivity index is 2.29. The van der Waals surface area contributed by atoms with Crippen LogP contribution in [0, 0.1) is 5.92 Å². The van der Waals surface area contributed by atoms with Gasteiger partial charge in [-0.05, 0) is 24.6 Å². The van der Waals surface area contributed by atoms with Crippen LogP contribution in [0.4, 0.5) is 0 Å². The largest absolute Gasteiger partial charge is 0.383 e. The molecule has 0 N–H and O–H groups in total. The van der Waals surface area contributed by atoms with Gasteiger partial charge in [-0.15, -0.1) is 0 Å². The van der Waals surface area contributed by atoms with E-state index >= 15 is 0 Å². The van der Waals surface area contributed by atoms with Crippen molar-refractivity contribution < 1.29 is 12.6 Å². The standard InChI is InChI=1S/C15H16O3S/c1-12-8-6-7-11-15(12)13(2)18-19(16,17)14-9-4-3-5-10-14/h3-12H,1-2H3. The Hall–Kier alpha value is -1.81. The van der Waals surface area contributed by atoms with Gasteiger partial charge in [-0.1, -0.05) is 49.4 Å². The SMILES string of the molecule is CC(OS(=O)(=O)c1ccccc1)=C1C=CC=CC1C. The van der Waals surface area contributed by atoms with Crippen LogP contribution in [0.1, 0.15) is 13.8 Å². The zero-order chi connectivity index (χ0) is 13.9. The van der Waals surface area contributed by atoms with Crippen molar-refractivity contribution >= 4 is 10.1 Å². The fourth-order valence-corrected chi connectivity index (χ4v) is 2.94. The molecular formula is C15H16O3S. The van der Waals surface area contributed by atoms with Crippen LogP contribution in [-0.2, 0) is 14.3 Å². The Morgan fingerprint density at radius 1 is 1.16 bits per heavy atom. The number of hydrogen-bond acceptors (Lipinski definition) is 3. The molecule has 0 radical (unpaired) electrons. The lowest BCUT2D eigenvalue weighted by molar-refractivity contribution is 0.401. The average molecular weight is 276 g/mol. The monoisotopic (exact) mass is 276 g/mol. The lowest BCUT2D eigenvalue weighted by atomic mass is 9.96. The average Bonchev–Trinajstić information content (AvgIpc) is 2.39. The van der Waals surface area contributed by atoms with Gasteiger partial charge in [-0.25, -0.2) is 0 Å². The van der Waals surface area contributed by atoms with Gasteiger partial charge in [0.1, 0.15) is 10.7 Å². The summed E-state index contributed by atoms with van der Waals surface area (Å²) in [6, 6.07) is 8.15. The highest BCUT2D eigenvalue weighted by Gasteiger charge is 2.19. The molecule has 1 aromatic carbocycles. The third-order valence-electron chi connectivity index (χ3n) is 2.95. The third-order valence-corrected chi connectivity index (χ3v) is 4.27. The van der Waals surface area contributed by atoms with Crippen molar-refractivity contribution in [3.63, 3.8) is 0 Å². The molecule has 0 aliphatic heterocycles. The first kappa shape index (κ1) is 13.6. The first-order valence-corrected chi connectivity index (χ1v) is 7.47. The van der Waals surface area contributed by atoms with Crippen LogP contribution in [0.3, 0.4) is 0 Å². The predicted molar refractivity (Wildman–Crippen MR) is 74.9 cm³/mol. The van der Waals surface area contributed by atoms with E-state index in [1.54, 1.807) is 25.1 Å². The molecule has 0 heterocycles. The van der Waals surface area contributed by atoms with Gasteiger partial charge in [-0.3, -0.25) is 0 Å². The number of allylic oxidation sites excluding steroid dienone is 6. The molecule has 100 valence electrons. The van der Waals surface area contributed by atoms with E-state index in [0.717, 1.165) is 5.57 Å². The summed E-state index contributed by atoms with van der Waals surface area (Å²) in [5.74, 6) is 0.563. The lowest BCUT2D eigenvalue weighted by Gasteiger charge is -2.16. The van der Waals surface area contributed by atoms with Crippen molar-refractivity contribution in [2.75, 3.05) is 0 Å². The van der Waals surface area contributed by atoms with Gasteiger partial charge < -0.3 is 4.18 Å². The second kappa shape index (κ2) is 5.45. The van der Waals surface area contributed by atoms with Gasteiger partial charge in [0, 0.05) is 5.92 Å². The molecule has 3 nitrogen and oxygen atoms in total. The lowest BCUT2D eigenvalue weighted by Crippen LogP contribution is -2.08. The Labute approximate surface area is 114 Å². The fourth-order valence-electron chi connectivity index (χ4n) is 1.93. The molecule has 19 heavy (non-hydrogen) atoms. The van der Waals surface area contributed by atoms with Crippen molar-refractivity contribution in [1.82, 2.24) is 0 Å². The van der Waals surface area contributed by atoms with Gasteiger partial charge in [0.15, 0.2) is 0 Å². The van der Waals surface area contributed by atoms with Gasteiger partial charge >= 0.3 is 10.1 Å². The van der Waals surface area contributed by atoms with Crippen LogP contribution in [0.25, 0.3) is 0 Å². The van der Waals surface area contributed by atoms with Crippen molar-refractivity contribution in [2.45, 2.75) is 18.7 Å². The summed E-state index contributed by atoms with van der Waals surface area (Å²) in [5.41, 5.74) is 0.877. The fraction of sp³-hybridized carbons (Fsp3) is 0.200. The minimum atomic E-state index is -3.75. The topological polar surface area (TPSA) is 43.4 Å². The predicted octanol–water partition coefficient (Wildman–Crippen LogP) is 3.43. The zero-order valence-electron chi connectivity index (χ0n) is 10.9. The molecule has 0 spiro atoms. The Kier molecular flexibility index (Phi) is 3.90. The summed E-state index contributed by atoms with van der Waals surface area (Å²) in [7, 11) is -3.75. The summed E-state index contributed by atoms with van der Waals surface area (Å²) in [4.78, 5) is 0.165. The Morgan fingerprint density at radius 2 is 1.84 bits per heavy atom. The Bertz CT molecular complexity index is 637. The first-order chi connectivity index (χ1) is 9.00. The highest BCUT2D eigenvalue weighted by Crippen LogP contribution is 2.25. The van der Waals surface area contributed by atoms with E-state index in [0.29, 0.717) is 5.76 Å². The quantitative estimate of drug-likeness (QED) is 0.627. The first-order valence-electron chi connectivity index (χ1n) is 6.06. The second-order valence-electron chi connectivity index (χ2n) is 4.39. The summed E-state index contributed by atoms with van der Waals surface area (Å²) in [6.45, 7) is 3.67. The molecule has 0 amide bonds. The summed E-state index contributed by atoms with van der Waals surface area (Å²) >= 11 is 0. The molecule has 0 bridgehead atoms. The van der Waals surface area contributed by atoms with Crippen LogP contribution < -0.4 is 0 Å². The highest BCUT2D eigenvalue weighted by atomic mass is 32.2. The van der Waals surface area contributed by atoms with Crippen molar-refractivity contribution in [3.8, 4) is 0 Å². The molecule has 0 saturated heterocycles. The zero-order valence-corrected chi connectivity index (χ0v) is 11.7.